The van der Waals surface area contributed by atoms with Crippen molar-refractivity contribution in [3.8, 4) is 0 Å². The number of carbonyl (C=O) groups excluding carboxylic acids is 1. The predicted molar refractivity (Wildman–Crippen MR) is 101 cm³/mol. The molecule has 7 heteroatoms. The lowest BCUT2D eigenvalue weighted by Crippen LogP contribution is -2.26. The summed E-state index contributed by atoms with van der Waals surface area (Å²) in [7, 11) is 0. The van der Waals surface area contributed by atoms with Crippen LogP contribution in [0.5, 0.6) is 0 Å². The van der Waals surface area contributed by atoms with Gasteiger partial charge in [-0.3, -0.25) is 9.78 Å². The molecular formula is C19H18ClN5O. The van der Waals surface area contributed by atoms with Gasteiger partial charge in [0.25, 0.3) is 5.91 Å². The van der Waals surface area contributed by atoms with Gasteiger partial charge in [-0.25, -0.2) is 9.97 Å². The van der Waals surface area contributed by atoms with Gasteiger partial charge in [-0.1, -0.05) is 23.7 Å². The van der Waals surface area contributed by atoms with Crippen molar-refractivity contribution in [1.29, 1.82) is 0 Å². The molecule has 0 fully saturated rings. The monoisotopic (exact) mass is 367 g/mol. The van der Waals surface area contributed by atoms with E-state index in [0.29, 0.717) is 36.0 Å². The maximum Gasteiger partial charge on any atom is 0.270 e. The highest BCUT2D eigenvalue weighted by molar-refractivity contribution is 6.30. The predicted octanol–water partition coefficient (Wildman–Crippen LogP) is 3.11. The fourth-order valence-corrected chi connectivity index (χ4v) is 2.59. The van der Waals surface area contributed by atoms with Crippen molar-refractivity contribution < 1.29 is 4.79 Å². The van der Waals surface area contributed by atoms with Gasteiger partial charge in [-0.2, -0.15) is 0 Å². The number of hydrogen-bond acceptors (Lipinski definition) is 5. The van der Waals surface area contributed by atoms with Crippen LogP contribution >= 0.6 is 11.6 Å². The van der Waals surface area contributed by atoms with Crippen LogP contribution in [-0.4, -0.2) is 27.4 Å². The minimum absolute atomic E-state index is 0.235. The van der Waals surface area contributed by atoms with Crippen LogP contribution in [0.15, 0.2) is 61.2 Å². The number of hydrogen-bond donors (Lipinski definition) is 2. The van der Waals surface area contributed by atoms with Crippen molar-refractivity contribution >= 4 is 23.3 Å². The molecule has 0 aliphatic rings. The van der Waals surface area contributed by atoms with Gasteiger partial charge < -0.3 is 10.6 Å². The normalized spacial score (nSPS) is 10.3. The Balaban J connectivity index is 1.52. The third-order valence-corrected chi connectivity index (χ3v) is 3.95. The van der Waals surface area contributed by atoms with Crippen LogP contribution in [0, 0.1) is 0 Å². The average molecular weight is 368 g/mol. The van der Waals surface area contributed by atoms with Gasteiger partial charge in [-0.05, 0) is 41.8 Å². The second-order valence-corrected chi connectivity index (χ2v) is 6.07. The number of benzene rings is 1. The molecule has 0 spiro atoms. The summed E-state index contributed by atoms with van der Waals surface area (Å²) in [4.78, 5) is 24.4. The number of halogens is 1. The molecule has 6 nitrogen and oxygen atoms in total. The molecule has 0 unspecified atom stereocenters. The lowest BCUT2D eigenvalue weighted by molar-refractivity contribution is 0.0949. The van der Waals surface area contributed by atoms with Crippen LogP contribution in [0.25, 0.3) is 0 Å². The van der Waals surface area contributed by atoms with E-state index in [-0.39, 0.29) is 5.91 Å². The average Bonchev–Trinajstić information content (AvgIpc) is 2.67. The van der Waals surface area contributed by atoms with Gasteiger partial charge in [0.2, 0.25) is 0 Å². The van der Waals surface area contributed by atoms with Gasteiger partial charge in [0.05, 0.1) is 0 Å². The molecule has 2 aromatic heterocycles. The van der Waals surface area contributed by atoms with Crippen molar-refractivity contribution in [2.24, 2.45) is 0 Å². The second-order valence-electron chi connectivity index (χ2n) is 5.63. The molecule has 0 saturated carbocycles. The Morgan fingerprint density at radius 3 is 2.69 bits per heavy atom. The van der Waals surface area contributed by atoms with Crippen LogP contribution < -0.4 is 10.6 Å². The maximum atomic E-state index is 12.3. The Kier molecular flexibility index (Phi) is 6.11. The molecular weight excluding hydrogens is 350 g/mol. The molecule has 2 heterocycles. The zero-order valence-electron chi connectivity index (χ0n) is 14.0. The summed E-state index contributed by atoms with van der Waals surface area (Å²) in [6.07, 6.45) is 5.54. The first-order chi connectivity index (χ1) is 12.7. The number of aromatic nitrogens is 3. The third-order valence-electron chi connectivity index (χ3n) is 3.71. The Hall–Kier alpha value is -2.99. The number of amides is 1. The van der Waals surface area contributed by atoms with Crippen molar-refractivity contribution in [2.45, 2.75) is 13.0 Å². The molecule has 0 saturated heterocycles. The molecule has 0 bridgehead atoms. The minimum Gasteiger partial charge on any atom is -0.366 e. The molecule has 0 atom stereocenters. The number of nitrogens with zero attached hydrogens (tertiary/aromatic N) is 3. The number of pyridine rings is 1. The molecule has 1 amide bonds. The molecule has 2 N–H and O–H groups in total. The van der Waals surface area contributed by atoms with Crippen molar-refractivity contribution in [2.75, 3.05) is 11.9 Å². The highest BCUT2D eigenvalue weighted by Gasteiger charge is 2.08. The largest absolute Gasteiger partial charge is 0.366 e. The van der Waals surface area contributed by atoms with E-state index < -0.39 is 0 Å². The van der Waals surface area contributed by atoms with E-state index in [1.807, 2.05) is 36.4 Å². The third kappa shape index (κ3) is 5.26. The fraction of sp³-hybridized carbons (Fsp3) is 0.158. The van der Waals surface area contributed by atoms with E-state index in [1.54, 1.807) is 18.5 Å². The smallest absolute Gasteiger partial charge is 0.270 e. The summed E-state index contributed by atoms with van der Waals surface area (Å²) in [5.74, 6) is 0.359. The molecule has 132 valence electrons. The van der Waals surface area contributed by atoms with Gasteiger partial charge in [0.15, 0.2) is 0 Å². The lowest BCUT2D eigenvalue weighted by Gasteiger charge is -2.08. The van der Waals surface area contributed by atoms with Gasteiger partial charge >= 0.3 is 0 Å². The number of anilines is 1. The zero-order valence-corrected chi connectivity index (χ0v) is 14.8. The zero-order chi connectivity index (χ0) is 18.2. The van der Waals surface area contributed by atoms with E-state index >= 15 is 0 Å². The number of carbonyl (C=O) groups is 1. The van der Waals surface area contributed by atoms with Crippen molar-refractivity contribution in [3.63, 3.8) is 0 Å². The van der Waals surface area contributed by atoms with Crippen molar-refractivity contribution in [3.05, 3.63) is 83.0 Å². The summed E-state index contributed by atoms with van der Waals surface area (Å²) in [5, 5.41) is 6.72. The van der Waals surface area contributed by atoms with E-state index in [2.05, 4.69) is 25.6 Å². The molecule has 1 aromatic carbocycles. The van der Waals surface area contributed by atoms with E-state index in [1.165, 1.54) is 6.33 Å². The summed E-state index contributed by atoms with van der Waals surface area (Å²) in [6, 6.07) is 13.0. The topological polar surface area (TPSA) is 79.8 Å². The molecule has 0 aliphatic heterocycles. The quantitative estimate of drug-likeness (QED) is 0.670. The Labute approximate surface area is 156 Å². The van der Waals surface area contributed by atoms with E-state index in [9.17, 15) is 4.79 Å². The number of nitrogens with one attached hydrogen (secondary N) is 2. The van der Waals surface area contributed by atoms with Crippen LogP contribution in [0.2, 0.25) is 5.02 Å². The summed E-state index contributed by atoms with van der Waals surface area (Å²) >= 11 is 5.96. The first-order valence-corrected chi connectivity index (χ1v) is 8.56. The summed E-state index contributed by atoms with van der Waals surface area (Å²) in [6.45, 7) is 1.10. The fourth-order valence-electron chi connectivity index (χ4n) is 2.37. The standard InChI is InChI=1S/C19H18ClN5O/c20-16-3-1-2-14(10-16)6-9-22-19(26)17-11-18(25-13-24-17)23-12-15-4-7-21-8-5-15/h1-5,7-8,10-11,13H,6,9,12H2,(H,22,26)(H,23,24,25). The first kappa shape index (κ1) is 17.8. The lowest BCUT2D eigenvalue weighted by atomic mass is 10.1. The highest BCUT2D eigenvalue weighted by atomic mass is 35.5. The number of rotatable bonds is 7. The Bertz CT molecular complexity index is 873. The Morgan fingerprint density at radius 1 is 1.04 bits per heavy atom. The molecule has 3 rings (SSSR count). The summed E-state index contributed by atoms with van der Waals surface area (Å²) < 4.78 is 0. The van der Waals surface area contributed by atoms with Crippen molar-refractivity contribution in [1.82, 2.24) is 20.3 Å². The maximum absolute atomic E-state index is 12.3. The van der Waals surface area contributed by atoms with E-state index in [0.717, 1.165) is 11.1 Å². The van der Waals surface area contributed by atoms with Crippen LogP contribution in [-0.2, 0) is 13.0 Å². The second kappa shape index (κ2) is 8.92. The van der Waals surface area contributed by atoms with Crippen LogP contribution in [0.4, 0.5) is 5.82 Å². The van der Waals surface area contributed by atoms with Gasteiger partial charge in [-0.15, -0.1) is 0 Å². The highest BCUT2D eigenvalue weighted by Crippen LogP contribution is 2.11. The SMILES string of the molecule is O=C(NCCc1cccc(Cl)c1)c1cc(NCc2ccncc2)ncn1. The first-order valence-electron chi connectivity index (χ1n) is 8.18. The van der Waals surface area contributed by atoms with Gasteiger partial charge in [0.1, 0.15) is 17.8 Å². The van der Waals surface area contributed by atoms with Crippen LogP contribution in [0.3, 0.4) is 0 Å². The molecule has 0 aliphatic carbocycles. The summed E-state index contributed by atoms with van der Waals surface area (Å²) in [5.41, 5.74) is 2.47. The van der Waals surface area contributed by atoms with Gasteiger partial charge in [0, 0.05) is 36.6 Å². The Morgan fingerprint density at radius 2 is 1.88 bits per heavy atom. The van der Waals surface area contributed by atoms with Crippen LogP contribution in [0.1, 0.15) is 21.6 Å². The molecule has 26 heavy (non-hydrogen) atoms. The molecule has 0 radical (unpaired) electrons. The minimum atomic E-state index is -0.235. The van der Waals surface area contributed by atoms with E-state index in [4.69, 9.17) is 11.6 Å². The molecule has 3 aromatic rings.